The molecule has 0 radical (unpaired) electrons. The first-order valence-electron chi connectivity index (χ1n) is 4.20. The second kappa shape index (κ2) is 11.2. The molecular weight excluding hydrogens is 274 g/mol. The molecule has 0 aromatic heterocycles. The van der Waals surface area contributed by atoms with E-state index in [1.54, 1.807) is 0 Å². The number of anilines is 1. The van der Waals surface area contributed by atoms with Crippen LogP contribution in [0.15, 0.2) is 29.2 Å². The van der Waals surface area contributed by atoms with Crippen LogP contribution in [0.3, 0.4) is 0 Å². The van der Waals surface area contributed by atoms with E-state index in [0.29, 0.717) is 18.6 Å². The molecule has 2 N–H and O–H groups in total. The van der Waals surface area contributed by atoms with E-state index in [0.717, 1.165) is 0 Å². The van der Waals surface area contributed by atoms with Gasteiger partial charge in [0.2, 0.25) is 6.41 Å². The lowest BCUT2D eigenvalue weighted by molar-refractivity contribution is -0.126. The molecule has 0 unspecified atom stereocenters. The minimum atomic E-state index is -4.15. The van der Waals surface area contributed by atoms with Crippen molar-refractivity contribution in [1.82, 2.24) is 0 Å². The largest absolute Gasteiger partial charge is 0.471 e. The van der Waals surface area contributed by atoms with Crippen LogP contribution in [-0.4, -0.2) is 33.0 Å². The maximum absolute atomic E-state index is 10.6. The van der Waals surface area contributed by atoms with E-state index < -0.39 is 10.1 Å². The Morgan fingerprint density at radius 2 is 1.58 bits per heavy atom. The van der Waals surface area contributed by atoms with E-state index >= 15 is 0 Å². The van der Waals surface area contributed by atoms with Gasteiger partial charge in [-0.2, -0.15) is 8.42 Å². The van der Waals surface area contributed by atoms with Crippen molar-refractivity contribution in [3.05, 3.63) is 24.3 Å². The molecule has 0 aliphatic rings. The second-order valence-electron chi connectivity index (χ2n) is 2.59. The number of hydrogen-bond donors (Lipinski definition) is 2. The Kier molecular flexibility index (Phi) is 13.1. The maximum atomic E-state index is 10.6. The van der Waals surface area contributed by atoms with Gasteiger partial charge in [-0.15, -0.1) is 0 Å². The highest BCUT2D eigenvalue weighted by Crippen LogP contribution is 2.12. The van der Waals surface area contributed by atoms with Crippen molar-refractivity contribution in [1.29, 1.82) is 0 Å². The Balaban J connectivity index is -0.000000379. The average molecular weight is 293 g/mol. The van der Waals surface area contributed by atoms with Crippen LogP contribution in [0.4, 0.5) is 5.69 Å². The third-order valence-corrected chi connectivity index (χ3v) is 2.34. The zero-order valence-corrected chi connectivity index (χ0v) is 9.68. The van der Waals surface area contributed by atoms with Crippen LogP contribution >= 0.6 is 0 Å². The minimum Gasteiger partial charge on any atom is -0.471 e. The van der Waals surface area contributed by atoms with E-state index in [1.165, 1.54) is 31.4 Å². The molecule has 8 heteroatoms. The van der Waals surface area contributed by atoms with Gasteiger partial charge in [0.15, 0.2) is 0 Å². The van der Waals surface area contributed by atoms with Crippen molar-refractivity contribution in [3.63, 3.8) is 0 Å². The minimum absolute atomic E-state index is 0. The van der Waals surface area contributed by atoms with Crippen molar-refractivity contribution >= 4 is 28.7 Å². The zero-order valence-electron chi connectivity index (χ0n) is 8.86. The fraction of sp³-hybridized carbons (Fsp3) is 0.273. The van der Waals surface area contributed by atoms with Gasteiger partial charge in [-0.1, -0.05) is 14.9 Å². The van der Waals surface area contributed by atoms with Crippen LogP contribution < -0.4 is 5.32 Å². The molecule has 0 bridgehead atoms. The number of nitrogens with one attached hydrogen (secondary N) is 1. The molecule has 0 aliphatic carbocycles. The summed E-state index contributed by atoms with van der Waals surface area (Å²) in [6.45, 7) is 0.375. The normalized spacial score (nSPS) is 8.53. The summed E-state index contributed by atoms with van der Waals surface area (Å²) in [6.07, 6.45) is 0.475. The maximum Gasteiger partial charge on any atom is 0.294 e. The van der Waals surface area contributed by atoms with Crippen molar-refractivity contribution < 1.29 is 27.3 Å². The van der Waals surface area contributed by atoms with Gasteiger partial charge in [-0.25, -0.2) is 0 Å². The first kappa shape index (κ1) is 22.3. The molecule has 0 saturated carbocycles. The van der Waals surface area contributed by atoms with Gasteiger partial charge in [0.25, 0.3) is 16.6 Å². The summed E-state index contributed by atoms with van der Waals surface area (Å²) >= 11 is 0. The number of rotatable bonds is 4. The summed E-state index contributed by atoms with van der Waals surface area (Å²) in [4.78, 5) is 18.7. The number of methoxy groups -OCH3 is 1. The summed E-state index contributed by atoms with van der Waals surface area (Å²) in [5, 5.41) is 2.33. The third kappa shape index (κ3) is 9.74. The fourth-order valence-corrected chi connectivity index (χ4v) is 1.27. The van der Waals surface area contributed by atoms with E-state index in [9.17, 15) is 13.2 Å². The Morgan fingerprint density at radius 3 is 1.84 bits per heavy atom. The Morgan fingerprint density at radius 1 is 1.16 bits per heavy atom. The SMILES string of the molecule is C.C.COC=O.O=CNc1ccc(S(=O)(=O)O)cc1. The molecule has 0 heterocycles. The molecule has 0 aliphatic heterocycles. The lowest BCUT2D eigenvalue weighted by Gasteiger charge is -1.99. The second-order valence-corrected chi connectivity index (χ2v) is 4.02. The molecule has 1 aromatic rings. The van der Waals surface area contributed by atoms with Crippen molar-refractivity contribution in [2.45, 2.75) is 19.7 Å². The Hall–Kier alpha value is -1.93. The van der Waals surface area contributed by atoms with Gasteiger partial charge < -0.3 is 10.1 Å². The molecule has 0 saturated heterocycles. The molecular formula is C11H19NO6S. The highest BCUT2D eigenvalue weighted by Gasteiger charge is 2.07. The molecule has 7 nitrogen and oxygen atoms in total. The van der Waals surface area contributed by atoms with Gasteiger partial charge in [0.05, 0.1) is 12.0 Å². The predicted molar refractivity (Wildman–Crippen MR) is 72.5 cm³/mol. The van der Waals surface area contributed by atoms with Crippen LogP contribution in [0.5, 0.6) is 0 Å². The van der Waals surface area contributed by atoms with Gasteiger partial charge in [0, 0.05) is 5.69 Å². The smallest absolute Gasteiger partial charge is 0.294 e. The Labute approximate surface area is 113 Å². The predicted octanol–water partition coefficient (Wildman–Crippen LogP) is 1.56. The molecule has 1 amide bonds. The lowest BCUT2D eigenvalue weighted by Crippen LogP contribution is -1.98. The number of hydrogen-bond acceptors (Lipinski definition) is 5. The first-order valence-corrected chi connectivity index (χ1v) is 5.64. The monoisotopic (exact) mass is 293 g/mol. The molecule has 19 heavy (non-hydrogen) atoms. The summed E-state index contributed by atoms with van der Waals surface area (Å²) in [5.41, 5.74) is 0.461. The van der Waals surface area contributed by atoms with Gasteiger partial charge in [0.1, 0.15) is 0 Å². The standard InChI is InChI=1S/C7H7NO4S.C2H4O2.2CH4/c9-5-8-6-1-3-7(4-2-6)13(10,11)12;1-4-2-3;;/h1-5H,(H,8,9)(H,10,11,12);2H,1H3;2*1H4. The number of carbonyl (C=O) groups is 2. The Bertz CT molecular complexity index is 455. The van der Waals surface area contributed by atoms with Crippen LogP contribution in [0.1, 0.15) is 14.9 Å². The molecule has 1 aromatic carbocycles. The van der Waals surface area contributed by atoms with Crippen molar-refractivity contribution in [2.75, 3.05) is 12.4 Å². The summed E-state index contributed by atoms with van der Waals surface area (Å²) in [7, 11) is -2.84. The van der Waals surface area contributed by atoms with Crippen molar-refractivity contribution in [2.24, 2.45) is 0 Å². The number of carbonyl (C=O) groups excluding carboxylic acids is 2. The zero-order chi connectivity index (χ0) is 13.3. The number of amides is 1. The molecule has 0 fully saturated rings. The first-order chi connectivity index (χ1) is 7.95. The number of benzene rings is 1. The number of ether oxygens (including phenoxy) is 1. The van der Waals surface area contributed by atoms with Gasteiger partial charge >= 0.3 is 0 Å². The summed E-state index contributed by atoms with van der Waals surface area (Å²) < 4.78 is 33.6. The van der Waals surface area contributed by atoms with E-state index in [2.05, 4.69) is 10.1 Å². The highest BCUT2D eigenvalue weighted by molar-refractivity contribution is 7.85. The van der Waals surface area contributed by atoms with E-state index in [-0.39, 0.29) is 19.7 Å². The summed E-state index contributed by atoms with van der Waals surface area (Å²) in [6, 6.07) is 5.14. The van der Waals surface area contributed by atoms with Crippen LogP contribution in [0.2, 0.25) is 0 Å². The third-order valence-electron chi connectivity index (χ3n) is 1.47. The van der Waals surface area contributed by atoms with Crippen LogP contribution in [-0.2, 0) is 24.4 Å². The average Bonchev–Trinajstić information content (AvgIpc) is 2.29. The molecule has 0 atom stereocenters. The molecule has 110 valence electrons. The summed E-state index contributed by atoms with van der Waals surface area (Å²) in [5.74, 6) is 0. The topological polar surface area (TPSA) is 110 Å². The van der Waals surface area contributed by atoms with E-state index in [4.69, 9.17) is 9.35 Å². The highest BCUT2D eigenvalue weighted by atomic mass is 32.2. The molecule has 0 spiro atoms. The fourth-order valence-electron chi connectivity index (χ4n) is 0.791. The van der Waals surface area contributed by atoms with Crippen LogP contribution in [0.25, 0.3) is 0 Å². The lowest BCUT2D eigenvalue weighted by atomic mass is 10.3. The van der Waals surface area contributed by atoms with Gasteiger partial charge in [-0.3, -0.25) is 14.1 Å². The van der Waals surface area contributed by atoms with E-state index in [1.807, 2.05) is 0 Å². The van der Waals surface area contributed by atoms with Crippen LogP contribution in [0, 0.1) is 0 Å². The van der Waals surface area contributed by atoms with Gasteiger partial charge in [-0.05, 0) is 24.3 Å². The quantitative estimate of drug-likeness (QED) is 0.644. The van der Waals surface area contributed by atoms with Crippen molar-refractivity contribution in [3.8, 4) is 0 Å². The molecule has 1 rings (SSSR count).